The lowest BCUT2D eigenvalue weighted by molar-refractivity contribution is 0.149. The molecule has 2 aromatic heterocycles. The van der Waals surface area contributed by atoms with Gasteiger partial charge in [0.15, 0.2) is 5.60 Å². The van der Waals surface area contributed by atoms with Crippen molar-refractivity contribution in [2.24, 2.45) is 15.9 Å². The van der Waals surface area contributed by atoms with Crippen molar-refractivity contribution in [1.29, 1.82) is 0 Å². The molecule has 7 heteroatoms. The minimum Gasteiger partial charge on any atom is -0.373 e. The van der Waals surface area contributed by atoms with E-state index in [1.807, 2.05) is 38.1 Å². The van der Waals surface area contributed by atoms with Crippen LogP contribution in [0, 0.1) is 12.8 Å². The van der Waals surface area contributed by atoms with Gasteiger partial charge in [0.2, 0.25) is 0 Å². The maximum atomic E-state index is 12.6. The summed E-state index contributed by atoms with van der Waals surface area (Å²) in [4.78, 5) is 13.9. The Morgan fingerprint density at radius 1 is 1.25 bits per heavy atom. The summed E-state index contributed by atoms with van der Waals surface area (Å²) in [5.74, 6) is 2.68. The Morgan fingerprint density at radius 2 is 2.03 bits per heavy atom. The lowest BCUT2D eigenvalue weighted by Crippen LogP contribution is -2.40. The lowest BCUT2D eigenvalue weighted by atomic mass is 9.81. The Morgan fingerprint density at radius 3 is 2.67 bits per heavy atom. The van der Waals surface area contributed by atoms with Gasteiger partial charge in [-0.15, -0.1) is 0 Å². The highest BCUT2D eigenvalue weighted by Gasteiger charge is 2.42. The first kappa shape index (κ1) is 24.1. The molecule has 7 nitrogen and oxygen atoms in total. The molecule has 2 saturated carbocycles. The number of nitrogens with zero attached hydrogens (tertiary/aromatic N) is 4. The molecule has 0 spiro atoms. The Hall–Kier alpha value is -3.58. The summed E-state index contributed by atoms with van der Waals surface area (Å²) in [6.07, 6.45) is 13.5. The first-order chi connectivity index (χ1) is 17.5. The van der Waals surface area contributed by atoms with Crippen LogP contribution in [0.3, 0.4) is 0 Å². The minimum absolute atomic E-state index is 0.435. The number of rotatable bonds is 9. The fraction of sp³-hybridized carbons (Fsp3) is 0.379. The van der Waals surface area contributed by atoms with Crippen molar-refractivity contribution in [3.8, 4) is 0 Å². The van der Waals surface area contributed by atoms with Gasteiger partial charge in [-0.1, -0.05) is 30.0 Å². The number of pyridine rings is 1. The molecule has 0 bridgehead atoms. The third-order valence-corrected chi connectivity index (χ3v) is 7.01. The Balaban J connectivity index is 1.71. The number of aliphatic hydroxyl groups is 1. The van der Waals surface area contributed by atoms with Crippen molar-refractivity contribution < 1.29 is 9.63 Å². The van der Waals surface area contributed by atoms with Gasteiger partial charge in [-0.2, -0.15) is 0 Å². The van der Waals surface area contributed by atoms with Gasteiger partial charge in [0, 0.05) is 41.9 Å². The van der Waals surface area contributed by atoms with E-state index in [0.29, 0.717) is 35.4 Å². The standard InChI is InChI=1S/C29H33N5O2/c1-5-6-9-24(30-4)29(35,25-10-7-8-15-31-25)22(23-17-32-28(33-23)21-13-14-21)16-18(2)26-19(3)36-34-27(26)20-11-12-20/h5-10,15-16,20-21,35H,1,11-14,17H2,2-4H3,(H,32,33)/b9-6-,18-16+,23-22-,30-24?. The molecule has 2 aliphatic carbocycles. The van der Waals surface area contributed by atoms with E-state index in [1.165, 1.54) is 0 Å². The normalized spacial score (nSPS) is 21.8. The van der Waals surface area contributed by atoms with Crippen molar-refractivity contribution in [3.05, 3.63) is 89.3 Å². The predicted octanol–water partition coefficient (Wildman–Crippen LogP) is 5.03. The van der Waals surface area contributed by atoms with Crippen LogP contribution in [-0.4, -0.2) is 40.4 Å². The van der Waals surface area contributed by atoms with Gasteiger partial charge in [-0.25, -0.2) is 0 Å². The van der Waals surface area contributed by atoms with Crippen molar-refractivity contribution in [2.45, 2.75) is 51.0 Å². The Labute approximate surface area is 212 Å². The smallest absolute Gasteiger partial charge is 0.175 e. The number of aliphatic imine (C=N–C) groups is 2. The van der Waals surface area contributed by atoms with Crippen molar-refractivity contribution in [1.82, 2.24) is 15.5 Å². The summed E-state index contributed by atoms with van der Waals surface area (Å²) in [6.45, 7) is 8.24. The molecule has 0 aromatic carbocycles. The van der Waals surface area contributed by atoms with Gasteiger partial charge < -0.3 is 14.9 Å². The second-order valence-corrected chi connectivity index (χ2v) is 9.72. The highest BCUT2D eigenvalue weighted by molar-refractivity contribution is 6.05. The fourth-order valence-electron chi connectivity index (χ4n) is 4.84. The number of amidine groups is 1. The van der Waals surface area contributed by atoms with Crippen LogP contribution in [0.2, 0.25) is 0 Å². The van der Waals surface area contributed by atoms with Crippen molar-refractivity contribution in [3.63, 3.8) is 0 Å². The first-order valence-corrected chi connectivity index (χ1v) is 12.6. The number of nitrogens with one attached hydrogen (secondary N) is 1. The largest absolute Gasteiger partial charge is 0.373 e. The quantitative estimate of drug-likeness (QED) is 0.385. The molecule has 186 valence electrons. The number of hydrogen-bond acceptors (Lipinski definition) is 7. The van der Waals surface area contributed by atoms with E-state index in [0.717, 1.165) is 59.8 Å². The number of allylic oxidation sites excluding steroid dienone is 3. The molecule has 3 heterocycles. The number of hydrogen-bond donors (Lipinski definition) is 2. The lowest BCUT2D eigenvalue weighted by Gasteiger charge is -2.31. The minimum atomic E-state index is -1.63. The van der Waals surface area contributed by atoms with Gasteiger partial charge in [-0.3, -0.25) is 15.0 Å². The molecule has 2 fully saturated rings. The third kappa shape index (κ3) is 4.51. The molecule has 0 amide bonds. The highest BCUT2D eigenvalue weighted by Crippen LogP contribution is 2.44. The van der Waals surface area contributed by atoms with Crippen LogP contribution in [0.25, 0.3) is 5.57 Å². The van der Waals surface area contributed by atoms with E-state index in [4.69, 9.17) is 9.52 Å². The van der Waals surface area contributed by atoms with E-state index < -0.39 is 5.60 Å². The molecular formula is C29H33N5O2. The topological polar surface area (TPSA) is 95.9 Å². The average molecular weight is 484 g/mol. The number of aryl methyl sites for hydroxylation is 1. The molecule has 5 rings (SSSR count). The average Bonchev–Trinajstić information content (AvgIpc) is 3.83. The van der Waals surface area contributed by atoms with Gasteiger partial charge in [-0.05, 0) is 69.4 Å². The van der Waals surface area contributed by atoms with Crippen LogP contribution in [0.4, 0.5) is 0 Å². The number of aromatic nitrogens is 2. The molecular weight excluding hydrogens is 450 g/mol. The van der Waals surface area contributed by atoms with Crippen LogP contribution in [-0.2, 0) is 5.60 Å². The van der Waals surface area contributed by atoms with E-state index in [9.17, 15) is 5.11 Å². The van der Waals surface area contributed by atoms with Gasteiger partial charge in [0.05, 0.1) is 23.6 Å². The molecule has 1 aliphatic heterocycles. The predicted molar refractivity (Wildman–Crippen MR) is 143 cm³/mol. The molecule has 0 radical (unpaired) electrons. The zero-order valence-electron chi connectivity index (χ0n) is 21.2. The molecule has 0 saturated heterocycles. The van der Waals surface area contributed by atoms with Crippen LogP contribution in [0.5, 0.6) is 0 Å². The van der Waals surface area contributed by atoms with Crippen LogP contribution in [0.15, 0.2) is 81.1 Å². The first-order valence-electron chi connectivity index (χ1n) is 12.6. The summed E-state index contributed by atoms with van der Waals surface area (Å²) in [6, 6.07) is 5.54. The van der Waals surface area contributed by atoms with E-state index in [2.05, 4.69) is 27.0 Å². The zero-order valence-corrected chi connectivity index (χ0v) is 21.2. The van der Waals surface area contributed by atoms with Crippen molar-refractivity contribution in [2.75, 3.05) is 13.6 Å². The molecule has 1 unspecified atom stereocenters. The van der Waals surface area contributed by atoms with Gasteiger partial charge in [0.1, 0.15) is 11.6 Å². The second kappa shape index (κ2) is 9.82. The second-order valence-electron chi connectivity index (χ2n) is 9.72. The maximum Gasteiger partial charge on any atom is 0.175 e. The molecule has 1 atom stereocenters. The monoisotopic (exact) mass is 483 g/mol. The van der Waals surface area contributed by atoms with Crippen LogP contribution < -0.4 is 5.32 Å². The van der Waals surface area contributed by atoms with Crippen molar-refractivity contribution >= 4 is 17.1 Å². The fourth-order valence-corrected chi connectivity index (χ4v) is 4.84. The summed E-state index contributed by atoms with van der Waals surface area (Å²) >= 11 is 0. The summed E-state index contributed by atoms with van der Waals surface area (Å²) in [5.41, 5.74) is 3.80. The zero-order chi connectivity index (χ0) is 25.3. The molecule has 3 aliphatic rings. The Kier molecular flexibility index (Phi) is 6.58. The maximum absolute atomic E-state index is 12.6. The summed E-state index contributed by atoms with van der Waals surface area (Å²) in [7, 11) is 1.68. The Bertz CT molecular complexity index is 1310. The molecule has 36 heavy (non-hydrogen) atoms. The third-order valence-electron chi connectivity index (χ3n) is 7.01. The molecule has 2 aromatic rings. The van der Waals surface area contributed by atoms with Gasteiger partial charge in [0.25, 0.3) is 0 Å². The van der Waals surface area contributed by atoms with Crippen LogP contribution in [0.1, 0.15) is 61.2 Å². The van der Waals surface area contributed by atoms with Crippen LogP contribution >= 0.6 is 0 Å². The van der Waals surface area contributed by atoms with E-state index >= 15 is 0 Å². The summed E-state index contributed by atoms with van der Waals surface area (Å²) in [5, 5.41) is 20.5. The highest BCUT2D eigenvalue weighted by atomic mass is 16.5. The molecule has 2 N–H and O–H groups in total. The van der Waals surface area contributed by atoms with E-state index in [-0.39, 0.29) is 0 Å². The van der Waals surface area contributed by atoms with E-state index in [1.54, 1.807) is 31.5 Å². The van der Waals surface area contributed by atoms with Gasteiger partial charge >= 0.3 is 0 Å². The summed E-state index contributed by atoms with van der Waals surface area (Å²) < 4.78 is 5.61. The SMILES string of the molecule is C=C/C=C\C(=NC)C(O)(C(/C=C(\C)c1c(C2CC2)noc1C)=C1/CN=C(C2CC2)N1)c1ccccn1.